The highest BCUT2D eigenvalue weighted by molar-refractivity contribution is 5.78. The number of ether oxygens (including phenoxy) is 2. The summed E-state index contributed by atoms with van der Waals surface area (Å²) in [5, 5.41) is 71.7. The molecule has 35 heavy (non-hydrogen) atoms. The average Bonchev–Trinajstić information content (AvgIpc) is 3.15. The van der Waals surface area contributed by atoms with Crippen LogP contribution in [0.1, 0.15) is 70.6 Å². The Balaban J connectivity index is 1.71. The Morgan fingerprint density at radius 1 is 0.714 bits per heavy atom. The van der Waals surface area contributed by atoms with Crippen LogP contribution < -0.4 is 5.32 Å². The second kappa shape index (κ2) is 16.2. The molecule has 0 amide bonds. The predicted octanol–water partition coefficient (Wildman–Crippen LogP) is -1.28. The van der Waals surface area contributed by atoms with Crippen LogP contribution in [0.15, 0.2) is 0 Å². The molecule has 2 saturated heterocycles. The molecule has 0 aromatic heterocycles. The summed E-state index contributed by atoms with van der Waals surface area (Å²) in [4.78, 5) is 11.6. The van der Waals surface area contributed by atoms with Crippen LogP contribution >= 0.6 is 0 Å². The molecule has 0 aromatic carbocycles. The van der Waals surface area contributed by atoms with Gasteiger partial charge in [-0.1, -0.05) is 38.5 Å². The Morgan fingerprint density at radius 3 is 1.97 bits per heavy atom. The molecule has 11 heteroatoms. The minimum absolute atomic E-state index is 0.0579. The van der Waals surface area contributed by atoms with Crippen molar-refractivity contribution in [2.45, 2.75) is 126 Å². The van der Waals surface area contributed by atoms with Gasteiger partial charge in [0, 0.05) is 25.5 Å². The molecule has 0 aliphatic carbocycles. The van der Waals surface area contributed by atoms with E-state index in [9.17, 15) is 35.4 Å². The van der Waals surface area contributed by atoms with Crippen LogP contribution in [0.4, 0.5) is 0 Å². The topological polar surface area (TPSA) is 189 Å². The number of aliphatic hydroxyl groups is 7. The molecule has 0 spiro atoms. The number of unbranched alkanes of at least 4 members (excludes halogenated alkanes) is 6. The SMILES string of the molecule is O=C(CCCO)CCCCCCCCC[C@H]1N[C@H](CO)[C@H](O)[C@@H]1O[C@@H]1O[C@H](CO)[C@@H](O)[C@H](O)[C@H]1O. The molecule has 0 saturated carbocycles. The molecule has 2 aliphatic heterocycles. The van der Waals surface area contributed by atoms with Gasteiger partial charge in [-0.05, 0) is 19.3 Å². The van der Waals surface area contributed by atoms with E-state index in [1.54, 1.807) is 0 Å². The molecule has 11 nitrogen and oxygen atoms in total. The molecule has 0 unspecified atom stereocenters. The van der Waals surface area contributed by atoms with Crippen LogP contribution in [0, 0.1) is 0 Å². The maximum atomic E-state index is 11.6. The Morgan fingerprint density at radius 2 is 1.34 bits per heavy atom. The number of nitrogens with one attached hydrogen (secondary N) is 1. The third-order valence-corrected chi connectivity index (χ3v) is 6.99. The smallest absolute Gasteiger partial charge is 0.187 e. The van der Waals surface area contributed by atoms with E-state index in [1.807, 2.05) is 0 Å². The Labute approximate surface area is 207 Å². The maximum Gasteiger partial charge on any atom is 0.187 e. The summed E-state index contributed by atoms with van der Waals surface area (Å²) < 4.78 is 11.2. The summed E-state index contributed by atoms with van der Waals surface area (Å²) in [5.41, 5.74) is 0. The van der Waals surface area contributed by atoms with Crippen molar-refractivity contribution in [1.82, 2.24) is 5.32 Å². The Hall–Kier alpha value is -0.730. The third-order valence-electron chi connectivity index (χ3n) is 6.99. The minimum Gasteiger partial charge on any atom is -0.396 e. The minimum atomic E-state index is -1.57. The average molecular weight is 508 g/mol. The van der Waals surface area contributed by atoms with Gasteiger partial charge < -0.3 is 50.5 Å². The molecule has 2 heterocycles. The molecule has 2 aliphatic rings. The lowest BCUT2D eigenvalue weighted by Gasteiger charge is -2.41. The van der Waals surface area contributed by atoms with Gasteiger partial charge in [-0.3, -0.25) is 4.79 Å². The van der Waals surface area contributed by atoms with Gasteiger partial charge in [-0.2, -0.15) is 0 Å². The highest BCUT2D eigenvalue weighted by atomic mass is 16.7. The first-order valence-electron chi connectivity index (χ1n) is 13.0. The number of rotatable bonds is 17. The summed E-state index contributed by atoms with van der Waals surface area (Å²) >= 11 is 0. The molecule has 2 fully saturated rings. The van der Waals surface area contributed by atoms with Crippen LogP contribution in [-0.4, -0.2) is 116 Å². The molecule has 2 rings (SSSR count). The highest BCUT2D eigenvalue weighted by Gasteiger charge is 2.49. The molecule has 9 atom stereocenters. The fraction of sp³-hybridized carbons (Fsp3) is 0.958. The van der Waals surface area contributed by atoms with Gasteiger partial charge in [-0.15, -0.1) is 0 Å². The van der Waals surface area contributed by atoms with Crippen LogP contribution in [0.5, 0.6) is 0 Å². The van der Waals surface area contributed by atoms with Gasteiger partial charge in [0.1, 0.15) is 36.3 Å². The monoisotopic (exact) mass is 507 g/mol. The zero-order valence-electron chi connectivity index (χ0n) is 20.5. The van der Waals surface area contributed by atoms with E-state index in [1.165, 1.54) is 0 Å². The quantitative estimate of drug-likeness (QED) is 0.109. The van der Waals surface area contributed by atoms with Crippen molar-refractivity contribution in [3.8, 4) is 0 Å². The second-order valence-electron chi connectivity index (χ2n) is 9.73. The van der Waals surface area contributed by atoms with Crippen LogP contribution in [0.3, 0.4) is 0 Å². The highest BCUT2D eigenvalue weighted by Crippen LogP contribution is 2.28. The lowest BCUT2D eigenvalue weighted by Crippen LogP contribution is -2.60. The molecule has 8 N–H and O–H groups in total. The van der Waals surface area contributed by atoms with Crippen molar-refractivity contribution in [2.75, 3.05) is 19.8 Å². The van der Waals surface area contributed by atoms with Crippen molar-refractivity contribution in [3.05, 3.63) is 0 Å². The summed E-state index contributed by atoms with van der Waals surface area (Å²) in [7, 11) is 0. The van der Waals surface area contributed by atoms with Crippen LogP contribution in [-0.2, 0) is 14.3 Å². The number of aliphatic hydroxyl groups excluding tert-OH is 7. The molecule has 206 valence electrons. The van der Waals surface area contributed by atoms with E-state index in [0.717, 1.165) is 44.9 Å². The van der Waals surface area contributed by atoms with E-state index < -0.39 is 55.6 Å². The summed E-state index contributed by atoms with van der Waals surface area (Å²) in [6.07, 6.45) is 0.195. The fourth-order valence-electron chi connectivity index (χ4n) is 4.83. The molecular weight excluding hydrogens is 462 g/mol. The van der Waals surface area contributed by atoms with E-state index in [0.29, 0.717) is 25.7 Å². The number of carbonyl (C=O) groups is 1. The molecular formula is C24H45NO10. The molecule has 0 aromatic rings. The number of hydrogen-bond donors (Lipinski definition) is 8. The normalized spacial score (nSPS) is 35.5. The summed E-state index contributed by atoms with van der Waals surface area (Å²) in [6, 6.07) is -0.908. The zero-order chi connectivity index (χ0) is 25.8. The fourth-order valence-corrected chi connectivity index (χ4v) is 4.83. The van der Waals surface area contributed by atoms with Crippen LogP contribution in [0.25, 0.3) is 0 Å². The van der Waals surface area contributed by atoms with Gasteiger partial charge >= 0.3 is 0 Å². The van der Waals surface area contributed by atoms with Gasteiger partial charge in [0.25, 0.3) is 0 Å². The van der Waals surface area contributed by atoms with Crippen molar-refractivity contribution in [2.24, 2.45) is 0 Å². The number of carbonyl (C=O) groups excluding carboxylic acids is 1. The first-order valence-corrected chi connectivity index (χ1v) is 13.0. The maximum absolute atomic E-state index is 11.6. The number of hydrogen-bond acceptors (Lipinski definition) is 11. The Bertz CT molecular complexity index is 595. The van der Waals surface area contributed by atoms with Gasteiger partial charge in [-0.25, -0.2) is 0 Å². The largest absolute Gasteiger partial charge is 0.396 e. The van der Waals surface area contributed by atoms with Crippen molar-refractivity contribution >= 4 is 5.78 Å². The number of Topliss-reactive ketones (excluding diaryl/α,β-unsaturated/α-hetero) is 1. The lowest BCUT2D eigenvalue weighted by atomic mass is 9.98. The van der Waals surface area contributed by atoms with Crippen molar-refractivity contribution < 1.29 is 50.0 Å². The summed E-state index contributed by atoms with van der Waals surface area (Å²) in [6.45, 7) is -0.809. The zero-order valence-corrected chi connectivity index (χ0v) is 20.5. The standard InChI is InChI=1S/C24H45NO10/c26-12-8-10-15(29)9-6-4-2-1-3-5-7-11-16-23(19(30)17(13-27)25-16)35-24-22(33)21(32)20(31)18(14-28)34-24/h16-28,30-33H,1-14H2/t16-,17-,18-,19+,20-,21+,22-,23-,24+/m1/s1. The van der Waals surface area contributed by atoms with E-state index >= 15 is 0 Å². The predicted molar refractivity (Wildman–Crippen MR) is 125 cm³/mol. The van der Waals surface area contributed by atoms with Gasteiger partial charge in [0.15, 0.2) is 6.29 Å². The number of ketones is 1. The molecule has 0 bridgehead atoms. The Kier molecular flexibility index (Phi) is 14.1. The first-order chi connectivity index (χ1) is 16.8. The van der Waals surface area contributed by atoms with Gasteiger partial charge in [0.2, 0.25) is 0 Å². The van der Waals surface area contributed by atoms with Gasteiger partial charge in [0.05, 0.1) is 25.4 Å². The van der Waals surface area contributed by atoms with Crippen molar-refractivity contribution in [1.29, 1.82) is 0 Å². The van der Waals surface area contributed by atoms with E-state index in [-0.39, 0.29) is 25.0 Å². The first kappa shape index (κ1) is 30.5. The van der Waals surface area contributed by atoms with Crippen LogP contribution in [0.2, 0.25) is 0 Å². The second-order valence-corrected chi connectivity index (χ2v) is 9.73. The van der Waals surface area contributed by atoms with E-state index in [4.69, 9.17) is 14.6 Å². The molecule has 0 radical (unpaired) electrons. The summed E-state index contributed by atoms with van der Waals surface area (Å²) in [5.74, 6) is 0.215. The van der Waals surface area contributed by atoms with E-state index in [2.05, 4.69) is 5.32 Å². The van der Waals surface area contributed by atoms with Crippen molar-refractivity contribution in [3.63, 3.8) is 0 Å². The third kappa shape index (κ3) is 9.26. The lowest BCUT2D eigenvalue weighted by molar-refractivity contribution is -0.316.